The highest BCUT2D eigenvalue weighted by Crippen LogP contribution is 2.24. The molecule has 6 heteroatoms. The number of hydrogen-bond acceptors (Lipinski definition) is 2. The number of benzene rings is 2. The molecular weight excluding hydrogens is 344 g/mol. The molecule has 2 rings (SSSR count). The van der Waals surface area contributed by atoms with E-state index in [2.05, 4.69) is 21.2 Å². The molecule has 0 fully saturated rings. The van der Waals surface area contributed by atoms with Crippen molar-refractivity contribution in [2.75, 3.05) is 12.4 Å². The zero-order chi connectivity index (χ0) is 15.6. The fourth-order valence-electron chi connectivity index (χ4n) is 1.77. The van der Waals surface area contributed by atoms with E-state index < -0.39 is 17.5 Å². The number of nitrogens with one attached hydrogen (secondary N) is 1. The summed E-state index contributed by atoms with van der Waals surface area (Å²) in [5.74, 6) is -1.39. The van der Waals surface area contributed by atoms with Gasteiger partial charge >= 0.3 is 0 Å². The predicted molar refractivity (Wildman–Crippen MR) is 79.7 cm³/mol. The van der Waals surface area contributed by atoms with E-state index in [4.69, 9.17) is 4.74 Å². The van der Waals surface area contributed by atoms with Gasteiger partial charge in [0.25, 0.3) is 5.91 Å². The number of carbonyl (C=O) groups excluding carboxylic acids is 1. The van der Waals surface area contributed by atoms with Gasteiger partial charge in [-0.1, -0.05) is 6.07 Å². The zero-order valence-electron chi connectivity index (χ0n) is 11.3. The number of aryl methyl sites for hydroxylation is 1. The lowest BCUT2D eigenvalue weighted by Gasteiger charge is -2.10. The van der Waals surface area contributed by atoms with E-state index in [1.165, 1.54) is 13.2 Å². The van der Waals surface area contributed by atoms with Gasteiger partial charge in [0.05, 0.1) is 17.3 Å². The van der Waals surface area contributed by atoms with Crippen molar-refractivity contribution >= 4 is 27.5 Å². The molecule has 3 nitrogen and oxygen atoms in total. The SMILES string of the molecule is COc1cc(C(=O)Nc2cc(F)c(Br)cc2F)ccc1C. The average molecular weight is 356 g/mol. The highest BCUT2D eigenvalue weighted by Gasteiger charge is 2.13. The monoisotopic (exact) mass is 355 g/mol. The molecule has 2 aromatic rings. The molecule has 21 heavy (non-hydrogen) atoms. The Labute approximate surface area is 129 Å². The molecule has 0 aliphatic rings. The van der Waals surface area contributed by atoms with Crippen LogP contribution in [0.3, 0.4) is 0 Å². The van der Waals surface area contributed by atoms with Gasteiger partial charge in [-0.25, -0.2) is 8.78 Å². The van der Waals surface area contributed by atoms with E-state index in [-0.39, 0.29) is 10.2 Å². The van der Waals surface area contributed by atoms with E-state index in [0.717, 1.165) is 17.7 Å². The summed E-state index contributed by atoms with van der Waals surface area (Å²) in [6, 6.07) is 6.72. The molecule has 0 saturated carbocycles. The largest absolute Gasteiger partial charge is 0.496 e. The first-order chi connectivity index (χ1) is 9.92. The second-order valence-corrected chi connectivity index (χ2v) is 5.24. The molecule has 0 radical (unpaired) electrons. The number of rotatable bonds is 3. The van der Waals surface area contributed by atoms with Crippen molar-refractivity contribution in [2.24, 2.45) is 0 Å². The Balaban J connectivity index is 2.28. The normalized spacial score (nSPS) is 10.3. The molecular formula is C15H12BrF2NO2. The lowest BCUT2D eigenvalue weighted by atomic mass is 10.1. The molecule has 110 valence electrons. The van der Waals surface area contributed by atoms with Crippen molar-refractivity contribution in [3.05, 3.63) is 57.6 Å². The fourth-order valence-corrected chi connectivity index (χ4v) is 2.09. The third-order valence-electron chi connectivity index (χ3n) is 2.93. The van der Waals surface area contributed by atoms with Crippen LogP contribution in [0, 0.1) is 18.6 Å². The van der Waals surface area contributed by atoms with Crippen LogP contribution in [-0.2, 0) is 0 Å². The first-order valence-corrected chi connectivity index (χ1v) is 6.82. The molecule has 1 N–H and O–H groups in total. The van der Waals surface area contributed by atoms with E-state index in [1.807, 2.05) is 6.92 Å². The quantitative estimate of drug-likeness (QED) is 0.833. The van der Waals surface area contributed by atoms with Crippen LogP contribution in [0.1, 0.15) is 15.9 Å². The van der Waals surface area contributed by atoms with Crippen molar-refractivity contribution in [2.45, 2.75) is 6.92 Å². The van der Waals surface area contributed by atoms with Gasteiger partial charge in [-0.2, -0.15) is 0 Å². The Kier molecular flexibility index (Phi) is 4.57. The van der Waals surface area contributed by atoms with Crippen LogP contribution in [0.4, 0.5) is 14.5 Å². The van der Waals surface area contributed by atoms with E-state index in [1.54, 1.807) is 12.1 Å². The standard InChI is InChI=1S/C15H12BrF2NO2/c1-8-3-4-9(5-14(8)21-2)15(20)19-13-7-11(17)10(16)6-12(13)18/h3-7H,1-2H3,(H,19,20). The zero-order valence-corrected chi connectivity index (χ0v) is 12.9. The predicted octanol–water partition coefficient (Wildman–Crippen LogP) is 4.30. The van der Waals surface area contributed by atoms with Crippen LogP contribution >= 0.6 is 15.9 Å². The summed E-state index contributed by atoms with van der Waals surface area (Å²) in [6.07, 6.45) is 0. The van der Waals surface area contributed by atoms with E-state index >= 15 is 0 Å². The van der Waals surface area contributed by atoms with Crippen LogP contribution in [0.15, 0.2) is 34.8 Å². The number of anilines is 1. The molecule has 0 spiro atoms. The molecule has 0 aliphatic heterocycles. The van der Waals surface area contributed by atoms with Crippen LogP contribution in [0.25, 0.3) is 0 Å². The molecule has 0 unspecified atom stereocenters. The highest BCUT2D eigenvalue weighted by atomic mass is 79.9. The van der Waals surface area contributed by atoms with Crippen LogP contribution in [-0.4, -0.2) is 13.0 Å². The minimum Gasteiger partial charge on any atom is -0.496 e. The van der Waals surface area contributed by atoms with Gasteiger partial charge in [-0.15, -0.1) is 0 Å². The third-order valence-corrected chi connectivity index (χ3v) is 3.54. The molecule has 1 amide bonds. The van der Waals surface area contributed by atoms with Gasteiger partial charge in [0.1, 0.15) is 17.4 Å². The summed E-state index contributed by atoms with van der Waals surface area (Å²) >= 11 is 2.87. The summed E-state index contributed by atoms with van der Waals surface area (Å²) in [5.41, 5.74) is 0.940. The molecule has 0 heterocycles. The number of hydrogen-bond donors (Lipinski definition) is 1. The van der Waals surface area contributed by atoms with Gasteiger partial charge in [0.15, 0.2) is 0 Å². The Morgan fingerprint density at radius 2 is 1.90 bits per heavy atom. The summed E-state index contributed by atoms with van der Waals surface area (Å²) in [4.78, 5) is 12.1. The average Bonchev–Trinajstić information content (AvgIpc) is 2.45. The van der Waals surface area contributed by atoms with Crippen LogP contribution < -0.4 is 10.1 Å². The first kappa shape index (κ1) is 15.4. The van der Waals surface area contributed by atoms with E-state index in [9.17, 15) is 13.6 Å². The van der Waals surface area contributed by atoms with Crippen molar-refractivity contribution in [3.63, 3.8) is 0 Å². The van der Waals surface area contributed by atoms with Crippen molar-refractivity contribution in [1.29, 1.82) is 0 Å². The fraction of sp³-hybridized carbons (Fsp3) is 0.133. The van der Waals surface area contributed by atoms with Gasteiger partial charge in [0, 0.05) is 11.6 Å². The molecule has 0 aliphatic carbocycles. The maximum atomic E-state index is 13.7. The van der Waals surface area contributed by atoms with E-state index in [0.29, 0.717) is 11.3 Å². The third kappa shape index (κ3) is 3.39. The second-order valence-electron chi connectivity index (χ2n) is 4.38. The minimum atomic E-state index is -0.726. The number of methoxy groups -OCH3 is 1. The van der Waals surface area contributed by atoms with Crippen molar-refractivity contribution < 1.29 is 18.3 Å². The topological polar surface area (TPSA) is 38.3 Å². The summed E-state index contributed by atoms with van der Waals surface area (Å²) < 4.78 is 32.2. The Bertz CT molecular complexity index is 704. The highest BCUT2D eigenvalue weighted by molar-refractivity contribution is 9.10. The number of carbonyl (C=O) groups is 1. The van der Waals surface area contributed by atoms with Gasteiger partial charge in [-0.3, -0.25) is 4.79 Å². The van der Waals surface area contributed by atoms with Crippen molar-refractivity contribution in [1.82, 2.24) is 0 Å². The lowest BCUT2D eigenvalue weighted by molar-refractivity contribution is 0.102. The van der Waals surface area contributed by atoms with Gasteiger partial charge < -0.3 is 10.1 Å². The number of ether oxygens (including phenoxy) is 1. The van der Waals surface area contributed by atoms with Gasteiger partial charge in [-0.05, 0) is 46.6 Å². The van der Waals surface area contributed by atoms with Crippen LogP contribution in [0.2, 0.25) is 0 Å². The Morgan fingerprint density at radius 1 is 1.19 bits per heavy atom. The first-order valence-electron chi connectivity index (χ1n) is 6.03. The van der Waals surface area contributed by atoms with Crippen molar-refractivity contribution in [3.8, 4) is 5.75 Å². The molecule has 0 atom stereocenters. The Morgan fingerprint density at radius 3 is 2.57 bits per heavy atom. The molecule has 2 aromatic carbocycles. The summed E-state index contributed by atoms with van der Waals surface area (Å²) in [5, 5.41) is 2.33. The van der Waals surface area contributed by atoms with Gasteiger partial charge in [0.2, 0.25) is 0 Å². The maximum Gasteiger partial charge on any atom is 0.255 e. The smallest absolute Gasteiger partial charge is 0.255 e. The Hall–Kier alpha value is -1.95. The van der Waals surface area contributed by atoms with Crippen LogP contribution in [0.5, 0.6) is 5.75 Å². The maximum absolute atomic E-state index is 13.7. The lowest BCUT2D eigenvalue weighted by Crippen LogP contribution is -2.13. The molecule has 0 saturated heterocycles. The second kappa shape index (κ2) is 6.22. The number of halogens is 3. The molecule has 0 aromatic heterocycles. The molecule has 0 bridgehead atoms. The summed E-state index contributed by atoms with van der Waals surface area (Å²) in [7, 11) is 1.49. The minimum absolute atomic E-state index is 0.00463. The summed E-state index contributed by atoms with van der Waals surface area (Å²) in [6.45, 7) is 1.84. The number of amides is 1.